The van der Waals surface area contributed by atoms with Crippen molar-refractivity contribution in [3.63, 3.8) is 0 Å². The van der Waals surface area contributed by atoms with E-state index in [1.54, 1.807) is 6.07 Å². The molecule has 2 rings (SSSR count). The lowest BCUT2D eigenvalue weighted by atomic mass is 10.00. The van der Waals surface area contributed by atoms with Crippen molar-refractivity contribution < 1.29 is 9.66 Å². The standard InChI is InChI=1S/C13H18N2O3/c1-9-4-3-5-12(15(16)17)13(9)14-10(2)11-6-7-18-8-11/h3-5,10-11,14H,6-8H2,1-2H3. The van der Waals surface area contributed by atoms with Crippen LogP contribution in [0.4, 0.5) is 11.4 Å². The molecule has 1 fully saturated rings. The Kier molecular flexibility index (Phi) is 3.81. The summed E-state index contributed by atoms with van der Waals surface area (Å²) in [5.41, 5.74) is 1.66. The van der Waals surface area contributed by atoms with E-state index in [4.69, 9.17) is 4.74 Å². The quantitative estimate of drug-likeness (QED) is 0.659. The third kappa shape index (κ3) is 2.61. The number of nitrogens with one attached hydrogen (secondary N) is 1. The maximum atomic E-state index is 11.0. The predicted molar refractivity (Wildman–Crippen MR) is 69.8 cm³/mol. The normalized spacial score (nSPS) is 20.7. The van der Waals surface area contributed by atoms with Gasteiger partial charge in [-0.25, -0.2) is 0 Å². The first-order chi connectivity index (χ1) is 8.59. The van der Waals surface area contributed by atoms with Crippen LogP contribution in [0.3, 0.4) is 0 Å². The number of hydrogen-bond acceptors (Lipinski definition) is 4. The van der Waals surface area contributed by atoms with Gasteiger partial charge in [0.05, 0.1) is 11.5 Å². The highest BCUT2D eigenvalue weighted by molar-refractivity contribution is 5.66. The second-order valence-corrected chi connectivity index (χ2v) is 4.78. The van der Waals surface area contributed by atoms with Crippen LogP contribution in [0.5, 0.6) is 0 Å². The fourth-order valence-corrected chi connectivity index (χ4v) is 2.28. The smallest absolute Gasteiger partial charge is 0.292 e. The Morgan fingerprint density at radius 1 is 1.56 bits per heavy atom. The summed E-state index contributed by atoms with van der Waals surface area (Å²) in [6.07, 6.45) is 1.01. The SMILES string of the molecule is Cc1cccc([N+](=O)[O-])c1NC(C)C1CCOC1. The van der Waals surface area contributed by atoms with Gasteiger partial charge in [0.25, 0.3) is 5.69 Å². The molecule has 0 amide bonds. The fourth-order valence-electron chi connectivity index (χ4n) is 2.28. The summed E-state index contributed by atoms with van der Waals surface area (Å²) in [7, 11) is 0. The molecule has 1 N–H and O–H groups in total. The number of benzene rings is 1. The van der Waals surface area contributed by atoms with Crippen molar-refractivity contribution in [1.82, 2.24) is 0 Å². The lowest BCUT2D eigenvalue weighted by Crippen LogP contribution is -2.26. The number of nitro benzene ring substituents is 1. The van der Waals surface area contributed by atoms with Crippen molar-refractivity contribution in [3.05, 3.63) is 33.9 Å². The number of ether oxygens (including phenoxy) is 1. The summed E-state index contributed by atoms with van der Waals surface area (Å²) in [5, 5.41) is 14.3. The van der Waals surface area contributed by atoms with Crippen LogP contribution in [0, 0.1) is 23.0 Å². The fraction of sp³-hybridized carbons (Fsp3) is 0.538. The van der Waals surface area contributed by atoms with E-state index in [1.807, 2.05) is 13.0 Å². The van der Waals surface area contributed by atoms with Crippen LogP contribution in [0.15, 0.2) is 18.2 Å². The maximum absolute atomic E-state index is 11.0. The molecule has 0 bridgehead atoms. The van der Waals surface area contributed by atoms with Crippen molar-refractivity contribution in [2.24, 2.45) is 5.92 Å². The summed E-state index contributed by atoms with van der Waals surface area (Å²) in [6.45, 7) is 5.45. The van der Waals surface area contributed by atoms with Crippen LogP contribution < -0.4 is 5.32 Å². The first kappa shape index (κ1) is 12.8. The number of nitro groups is 1. The summed E-state index contributed by atoms with van der Waals surface area (Å²) >= 11 is 0. The number of hydrogen-bond donors (Lipinski definition) is 1. The highest BCUT2D eigenvalue weighted by atomic mass is 16.6. The summed E-state index contributed by atoms with van der Waals surface area (Å²) in [6, 6.07) is 5.30. The zero-order valence-electron chi connectivity index (χ0n) is 10.7. The molecule has 0 aromatic heterocycles. The Bertz CT molecular complexity index is 442. The van der Waals surface area contributed by atoms with Gasteiger partial charge in [0, 0.05) is 24.6 Å². The Hall–Kier alpha value is -1.62. The number of nitrogens with zero attached hydrogens (tertiary/aromatic N) is 1. The van der Waals surface area contributed by atoms with E-state index in [0.717, 1.165) is 25.2 Å². The average Bonchev–Trinajstić information content (AvgIpc) is 2.85. The van der Waals surface area contributed by atoms with E-state index in [-0.39, 0.29) is 16.7 Å². The second-order valence-electron chi connectivity index (χ2n) is 4.78. The zero-order valence-corrected chi connectivity index (χ0v) is 10.7. The Labute approximate surface area is 106 Å². The monoisotopic (exact) mass is 250 g/mol. The molecule has 2 unspecified atom stereocenters. The average molecular weight is 250 g/mol. The number of para-hydroxylation sites is 1. The summed E-state index contributed by atoms with van der Waals surface area (Å²) < 4.78 is 5.35. The Balaban J connectivity index is 2.19. The van der Waals surface area contributed by atoms with Gasteiger partial charge in [0.2, 0.25) is 0 Å². The minimum absolute atomic E-state index is 0.140. The molecular weight excluding hydrogens is 232 g/mol. The first-order valence-electron chi connectivity index (χ1n) is 6.18. The van der Waals surface area contributed by atoms with Crippen LogP contribution in [-0.4, -0.2) is 24.2 Å². The van der Waals surface area contributed by atoms with E-state index < -0.39 is 0 Å². The Morgan fingerprint density at radius 3 is 2.94 bits per heavy atom. The summed E-state index contributed by atoms with van der Waals surface area (Å²) in [5.74, 6) is 0.421. The van der Waals surface area contributed by atoms with Gasteiger partial charge >= 0.3 is 0 Å². The minimum atomic E-state index is -0.340. The third-order valence-electron chi connectivity index (χ3n) is 3.49. The van der Waals surface area contributed by atoms with Gasteiger partial charge < -0.3 is 10.1 Å². The molecular formula is C13H18N2O3. The molecule has 1 aliphatic heterocycles. The summed E-state index contributed by atoms with van der Waals surface area (Å²) in [4.78, 5) is 10.7. The molecule has 2 atom stereocenters. The van der Waals surface area contributed by atoms with E-state index in [1.165, 1.54) is 6.07 Å². The second kappa shape index (κ2) is 5.35. The van der Waals surface area contributed by atoms with E-state index in [2.05, 4.69) is 12.2 Å². The van der Waals surface area contributed by atoms with E-state index in [0.29, 0.717) is 11.6 Å². The number of anilines is 1. The first-order valence-corrected chi connectivity index (χ1v) is 6.18. The molecule has 0 saturated carbocycles. The maximum Gasteiger partial charge on any atom is 0.292 e. The molecule has 1 aromatic carbocycles. The van der Waals surface area contributed by atoms with E-state index in [9.17, 15) is 10.1 Å². The minimum Gasteiger partial charge on any atom is -0.381 e. The molecule has 1 aliphatic rings. The molecule has 1 heterocycles. The molecule has 98 valence electrons. The van der Waals surface area contributed by atoms with Gasteiger partial charge in [0.15, 0.2) is 0 Å². The van der Waals surface area contributed by atoms with Crippen molar-refractivity contribution in [3.8, 4) is 0 Å². The molecule has 5 heteroatoms. The largest absolute Gasteiger partial charge is 0.381 e. The van der Waals surface area contributed by atoms with Gasteiger partial charge in [-0.2, -0.15) is 0 Å². The third-order valence-corrected chi connectivity index (χ3v) is 3.49. The van der Waals surface area contributed by atoms with Gasteiger partial charge in [0.1, 0.15) is 5.69 Å². The highest BCUT2D eigenvalue weighted by Gasteiger charge is 2.25. The topological polar surface area (TPSA) is 64.4 Å². The van der Waals surface area contributed by atoms with Crippen molar-refractivity contribution >= 4 is 11.4 Å². The Morgan fingerprint density at radius 2 is 2.33 bits per heavy atom. The van der Waals surface area contributed by atoms with Gasteiger partial charge in [-0.15, -0.1) is 0 Å². The number of aryl methyl sites for hydroxylation is 1. The van der Waals surface area contributed by atoms with Crippen LogP contribution in [0.1, 0.15) is 18.9 Å². The van der Waals surface area contributed by atoms with Crippen LogP contribution in [0.2, 0.25) is 0 Å². The molecule has 0 radical (unpaired) electrons. The zero-order chi connectivity index (χ0) is 13.1. The van der Waals surface area contributed by atoms with Gasteiger partial charge in [-0.3, -0.25) is 10.1 Å². The molecule has 1 aromatic rings. The van der Waals surface area contributed by atoms with Gasteiger partial charge in [-0.05, 0) is 25.8 Å². The lowest BCUT2D eigenvalue weighted by Gasteiger charge is -2.21. The predicted octanol–water partition coefficient (Wildman–Crippen LogP) is 2.74. The number of rotatable bonds is 4. The van der Waals surface area contributed by atoms with Crippen LogP contribution >= 0.6 is 0 Å². The molecule has 18 heavy (non-hydrogen) atoms. The van der Waals surface area contributed by atoms with Gasteiger partial charge in [-0.1, -0.05) is 12.1 Å². The molecule has 0 aliphatic carbocycles. The van der Waals surface area contributed by atoms with Crippen LogP contribution in [0.25, 0.3) is 0 Å². The van der Waals surface area contributed by atoms with Crippen molar-refractivity contribution in [2.45, 2.75) is 26.3 Å². The lowest BCUT2D eigenvalue weighted by molar-refractivity contribution is -0.384. The molecule has 1 saturated heterocycles. The van der Waals surface area contributed by atoms with E-state index >= 15 is 0 Å². The van der Waals surface area contributed by atoms with Crippen LogP contribution in [-0.2, 0) is 4.74 Å². The van der Waals surface area contributed by atoms with Crippen molar-refractivity contribution in [2.75, 3.05) is 18.5 Å². The molecule has 5 nitrogen and oxygen atoms in total. The highest BCUT2D eigenvalue weighted by Crippen LogP contribution is 2.30. The molecule has 0 spiro atoms. The van der Waals surface area contributed by atoms with Crippen molar-refractivity contribution in [1.29, 1.82) is 0 Å².